The molecule has 0 unspecified atom stereocenters. The van der Waals surface area contributed by atoms with Crippen molar-refractivity contribution in [3.63, 3.8) is 0 Å². The Labute approximate surface area is 71.0 Å². The molecule has 0 fully saturated rings. The first-order valence-electron chi connectivity index (χ1n) is 0.289. The van der Waals surface area contributed by atoms with Gasteiger partial charge in [0.25, 0.3) is 0 Å². The van der Waals surface area contributed by atoms with Gasteiger partial charge in [0.2, 0.25) is 0 Å². The van der Waals surface area contributed by atoms with Crippen LogP contribution >= 0.6 is 0 Å². The first-order valence-corrected chi connectivity index (χ1v) is 0.866. The van der Waals surface area contributed by atoms with Gasteiger partial charge in [-0.3, -0.25) is 0 Å². The van der Waals surface area contributed by atoms with Gasteiger partial charge < -0.3 is 0 Å². The average Bonchev–Trinajstić information content (AvgIpc) is 1.00. The van der Waals surface area contributed by atoms with E-state index >= 15 is 0 Å². The fraction of sp³-hybridized carbons (Fsp3) is 0. The second kappa shape index (κ2) is 39.2. The second-order valence-corrected chi connectivity index (χ2v) is 0. The van der Waals surface area contributed by atoms with E-state index in [0.717, 1.165) is 0 Å². The molecule has 5 heteroatoms. The van der Waals surface area contributed by atoms with Crippen molar-refractivity contribution in [3.8, 4) is 0 Å². The SMILES string of the molecule is [Cr].[Fe].[Mn].[O]=[AlH]. The summed E-state index contributed by atoms with van der Waals surface area (Å²) in [7, 11) is 0. The molecular formula is HAlCrFeMnO. The molecule has 0 aliphatic rings. The van der Waals surface area contributed by atoms with Crippen molar-refractivity contribution in [1.29, 1.82) is 0 Å². The molecule has 0 bridgehead atoms. The monoisotopic (exact) mass is 207 g/mol. The van der Waals surface area contributed by atoms with Crippen LogP contribution in [0.1, 0.15) is 0 Å². The number of hydrogen-bond acceptors (Lipinski definition) is 1. The van der Waals surface area contributed by atoms with Crippen molar-refractivity contribution in [2.24, 2.45) is 0 Å². The topological polar surface area (TPSA) is 17.1 Å². The van der Waals surface area contributed by atoms with Crippen LogP contribution in [0, 0.1) is 0 Å². The molecule has 0 aliphatic heterocycles. The summed E-state index contributed by atoms with van der Waals surface area (Å²) in [6.07, 6.45) is 0. The Balaban J connectivity index is -0.00000000167. The summed E-state index contributed by atoms with van der Waals surface area (Å²) in [5.41, 5.74) is 0. The molecule has 0 spiro atoms. The zero-order valence-corrected chi connectivity index (χ0v) is 7.23. The van der Waals surface area contributed by atoms with E-state index < -0.39 is 0 Å². The molecule has 0 rings (SSSR count). The maximum atomic E-state index is 8.28. The Morgan fingerprint density at radius 1 is 1.20 bits per heavy atom. The van der Waals surface area contributed by atoms with Crippen LogP contribution in [0.4, 0.5) is 0 Å². The minimum absolute atomic E-state index is 0. The summed E-state index contributed by atoms with van der Waals surface area (Å²) < 4.78 is 8.28. The molecule has 0 aromatic rings. The van der Waals surface area contributed by atoms with Crippen molar-refractivity contribution >= 4 is 16.2 Å². The number of rotatable bonds is 0. The average molecular weight is 207 g/mol. The molecule has 0 amide bonds. The molecular weight excluding hydrogens is 206 g/mol. The molecule has 0 aromatic heterocycles. The van der Waals surface area contributed by atoms with Crippen LogP contribution in [-0.4, -0.2) is 16.2 Å². The molecule has 0 aliphatic carbocycles. The van der Waals surface area contributed by atoms with Gasteiger partial charge in [0.15, 0.2) is 0 Å². The normalized spacial score (nSPS) is 0.600. The Bertz CT molecular complexity index is 11.6. The van der Waals surface area contributed by atoms with E-state index in [1.165, 1.54) is 0 Å². The summed E-state index contributed by atoms with van der Waals surface area (Å²) in [5.74, 6) is 0. The first kappa shape index (κ1) is 28.5. The van der Waals surface area contributed by atoms with E-state index in [0.29, 0.717) is 16.2 Å². The van der Waals surface area contributed by atoms with Gasteiger partial charge in [-0.25, -0.2) is 0 Å². The van der Waals surface area contributed by atoms with Gasteiger partial charge in [0, 0.05) is 51.5 Å². The van der Waals surface area contributed by atoms with Crippen LogP contribution in [0.2, 0.25) is 0 Å². The fourth-order valence-corrected chi connectivity index (χ4v) is 0. The molecule has 31 valence electrons. The van der Waals surface area contributed by atoms with Gasteiger partial charge in [0.05, 0.1) is 0 Å². The quantitative estimate of drug-likeness (QED) is 0.476. The maximum absolute atomic E-state index is 8.28. The molecule has 0 atom stereocenters. The molecule has 0 aromatic carbocycles. The zero-order chi connectivity index (χ0) is 2.00. The van der Waals surface area contributed by atoms with E-state index in [2.05, 4.69) is 0 Å². The van der Waals surface area contributed by atoms with Crippen LogP contribution < -0.4 is 0 Å². The van der Waals surface area contributed by atoms with E-state index in [1.807, 2.05) is 0 Å². The van der Waals surface area contributed by atoms with Crippen LogP contribution in [-0.2, 0) is 55.3 Å². The van der Waals surface area contributed by atoms with Gasteiger partial charge in [-0.2, -0.15) is 0 Å². The predicted molar refractivity (Wildman–Crippen MR) is 7.84 cm³/mol. The van der Waals surface area contributed by atoms with Gasteiger partial charge in [0.1, 0.15) is 0 Å². The van der Waals surface area contributed by atoms with E-state index in [1.54, 1.807) is 0 Å². The zero-order valence-electron chi connectivity index (χ0n) is 2.26. The fourth-order valence-electron chi connectivity index (χ4n) is 0. The van der Waals surface area contributed by atoms with Crippen molar-refractivity contribution in [2.45, 2.75) is 0 Å². The Kier molecular flexibility index (Phi) is 224. The van der Waals surface area contributed by atoms with E-state index in [4.69, 9.17) is 3.80 Å². The predicted octanol–water partition coefficient (Wildman–Crippen LogP) is -0.775. The number of hydrogen-bond donors (Lipinski definition) is 0. The second-order valence-electron chi connectivity index (χ2n) is 0. The first-order chi connectivity index (χ1) is 1.00. The Hall–Kier alpha value is 1.90. The van der Waals surface area contributed by atoms with Gasteiger partial charge in [-0.1, -0.05) is 0 Å². The molecule has 0 N–H and O–H groups in total. The van der Waals surface area contributed by atoms with Crippen molar-refractivity contribution < 1.29 is 55.3 Å². The Morgan fingerprint density at radius 3 is 1.20 bits per heavy atom. The third-order valence-electron chi connectivity index (χ3n) is 0. The summed E-state index contributed by atoms with van der Waals surface area (Å²) in [6.45, 7) is 0. The third kappa shape index (κ3) is 24.8. The van der Waals surface area contributed by atoms with Gasteiger partial charge >= 0.3 is 20.0 Å². The van der Waals surface area contributed by atoms with Crippen LogP contribution in [0.25, 0.3) is 0 Å². The molecule has 0 heterocycles. The van der Waals surface area contributed by atoms with Crippen LogP contribution in [0.15, 0.2) is 0 Å². The van der Waals surface area contributed by atoms with Crippen LogP contribution in [0.5, 0.6) is 0 Å². The van der Waals surface area contributed by atoms with Crippen molar-refractivity contribution in [3.05, 3.63) is 0 Å². The van der Waals surface area contributed by atoms with Gasteiger partial charge in [-0.15, -0.1) is 0 Å². The molecule has 1 nitrogen and oxygen atoms in total. The molecule has 5 heavy (non-hydrogen) atoms. The standard InChI is InChI=1S/Al.Cr.Fe.Mn.O.H. The van der Waals surface area contributed by atoms with Crippen molar-refractivity contribution in [2.75, 3.05) is 0 Å². The molecule has 1 radical (unpaired) electrons. The third-order valence-corrected chi connectivity index (χ3v) is 0. The van der Waals surface area contributed by atoms with E-state index in [-0.39, 0.29) is 51.5 Å². The van der Waals surface area contributed by atoms with Gasteiger partial charge in [-0.05, 0) is 0 Å². The summed E-state index contributed by atoms with van der Waals surface area (Å²) in [6, 6.07) is 0. The summed E-state index contributed by atoms with van der Waals surface area (Å²) in [5, 5.41) is 0. The Morgan fingerprint density at radius 2 is 1.20 bits per heavy atom. The van der Waals surface area contributed by atoms with Crippen molar-refractivity contribution in [1.82, 2.24) is 0 Å². The van der Waals surface area contributed by atoms with Crippen LogP contribution in [0.3, 0.4) is 0 Å². The summed E-state index contributed by atoms with van der Waals surface area (Å²) >= 11 is 0.611. The molecule has 0 saturated heterocycles. The van der Waals surface area contributed by atoms with E-state index in [9.17, 15) is 0 Å². The minimum atomic E-state index is 0. The summed E-state index contributed by atoms with van der Waals surface area (Å²) in [4.78, 5) is 0. The molecule has 0 saturated carbocycles.